The number of morpholine rings is 1. The Morgan fingerprint density at radius 2 is 1.95 bits per heavy atom. The van der Waals surface area contributed by atoms with Crippen molar-refractivity contribution in [2.75, 3.05) is 45.9 Å². The molecule has 1 fully saturated rings. The molecule has 0 aromatic heterocycles. The van der Waals surface area contributed by atoms with Crippen LogP contribution in [0.5, 0.6) is 0 Å². The third kappa shape index (κ3) is 6.25. The highest BCUT2D eigenvalue weighted by molar-refractivity contribution is 5.77. The van der Waals surface area contributed by atoms with Gasteiger partial charge in [-0.1, -0.05) is 29.8 Å². The number of nitrogens with zero attached hydrogens (tertiary/aromatic N) is 1. The normalized spacial score (nSPS) is 15.9. The number of hydrogen-bond acceptors (Lipinski definition) is 4. The molecule has 116 valence electrons. The van der Waals surface area contributed by atoms with E-state index in [0.717, 1.165) is 45.0 Å². The lowest BCUT2D eigenvalue weighted by Gasteiger charge is -2.26. The Morgan fingerprint density at radius 3 is 2.67 bits per heavy atom. The van der Waals surface area contributed by atoms with Crippen molar-refractivity contribution in [3.05, 3.63) is 35.4 Å². The highest BCUT2D eigenvalue weighted by Gasteiger charge is 2.09. The monoisotopic (exact) mass is 291 g/mol. The lowest BCUT2D eigenvalue weighted by molar-refractivity contribution is -0.120. The highest BCUT2D eigenvalue weighted by atomic mass is 16.5. The number of nitrogens with one attached hydrogen (secondary N) is 2. The predicted octanol–water partition coefficient (Wildman–Crippen LogP) is 0.533. The van der Waals surface area contributed by atoms with Crippen LogP contribution in [0.25, 0.3) is 0 Å². The van der Waals surface area contributed by atoms with Crippen molar-refractivity contribution in [3.63, 3.8) is 0 Å². The van der Waals surface area contributed by atoms with Crippen molar-refractivity contribution >= 4 is 5.91 Å². The standard InChI is InChI=1S/C16H25N3O2/c1-14-2-4-15(5-3-14)12-18-16(20)13-17-6-7-19-8-10-21-11-9-19/h2-5,17H,6-13H2,1H3,(H,18,20). The van der Waals surface area contributed by atoms with E-state index in [4.69, 9.17) is 4.74 Å². The summed E-state index contributed by atoms with van der Waals surface area (Å²) in [5, 5.41) is 6.11. The number of benzene rings is 1. The summed E-state index contributed by atoms with van der Waals surface area (Å²) in [5.41, 5.74) is 2.36. The third-order valence-electron chi connectivity index (χ3n) is 3.60. The summed E-state index contributed by atoms with van der Waals surface area (Å²) < 4.78 is 5.30. The van der Waals surface area contributed by atoms with Crippen LogP contribution in [0.2, 0.25) is 0 Å². The zero-order valence-corrected chi connectivity index (χ0v) is 12.7. The maximum absolute atomic E-state index is 11.7. The van der Waals surface area contributed by atoms with E-state index in [2.05, 4.69) is 34.6 Å². The fraction of sp³-hybridized carbons (Fsp3) is 0.562. The summed E-state index contributed by atoms with van der Waals surface area (Å²) in [6.45, 7) is 8.42. The lowest BCUT2D eigenvalue weighted by atomic mass is 10.1. The molecular formula is C16H25N3O2. The molecule has 1 saturated heterocycles. The molecule has 5 heteroatoms. The van der Waals surface area contributed by atoms with Crippen LogP contribution >= 0.6 is 0 Å². The van der Waals surface area contributed by atoms with E-state index in [9.17, 15) is 4.79 Å². The number of aryl methyl sites for hydroxylation is 1. The second-order valence-corrected chi connectivity index (χ2v) is 5.39. The Morgan fingerprint density at radius 1 is 1.24 bits per heavy atom. The van der Waals surface area contributed by atoms with E-state index < -0.39 is 0 Å². The molecule has 1 aliphatic rings. The van der Waals surface area contributed by atoms with Crippen molar-refractivity contribution in [1.29, 1.82) is 0 Å². The van der Waals surface area contributed by atoms with Gasteiger partial charge in [-0.3, -0.25) is 9.69 Å². The van der Waals surface area contributed by atoms with Gasteiger partial charge >= 0.3 is 0 Å². The number of rotatable bonds is 7. The first kappa shape index (κ1) is 15.9. The van der Waals surface area contributed by atoms with E-state index in [1.807, 2.05) is 12.1 Å². The Bertz CT molecular complexity index is 428. The Balaban J connectivity index is 1.54. The summed E-state index contributed by atoms with van der Waals surface area (Å²) in [4.78, 5) is 14.1. The van der Waals surface area contributed by atoms with E-state index in [1.54, 1.807) is 0 Å². The molecule has 0 bridgehead atoms. The molecule has 0 spiro atoms. The third-order valence-corrected chi connectivity index (χ3v) is 3.60. The van der Waals surface area contributed by atoms with Crippen molar-refractivity contribution < 1.29 is 9.53 Å². The average Bonchev–Trinajstić information content (AvgIpc) is 2.52. The van der Waals surface area contributed by atoms with Gasteiger partial charge in [0.15, 0.2) is 0 Å². The van der Waals surface area contributed by atoms with Gasteiger partial charge in [-0.2, -0.15) is 0 Å². The van der Waals surface area contributed by atoms with Crippen LogP contribution < -0.4 is 10.6 Å². The minimum atomic E-state index is 0.0394. The van der Waals surface area contributed by atoms with Crippen molar-refractivity contribution in [2.45, 2.75) is 13.5 Å². The topological polar surface area (TPSA) is 53.6 Å². The molecule has 0 aliphatic carbocycles. The number of ether oxygens (including phenoxy) is 1. The van der Waals surface area contributed by atoms with Gasteiger partial charge < -0.3 is 15.4 Å². The summed E-state index contributed by atoms with van der Waals surface area (Å²) in [7, 11) is 0. The molecule has 2 rings (SSSR count). The number of hydrogen-bond donors (Lipinski definition) is 2. The molecule has 0 atom stereocenters. The molecule has 2 N–H and O–H groups in total. The van der Waals surface area contributed by atoms with Gasteiger partial charge in [-0.25, -0.2) is 0 Å². The van der Waals surface area contributed by atoms with Gasteiger partial charge in [0.05, 0.1) is 19.8 Å². The van der Waals surface area contributed by atoms with Crippen LogP contribution in [0.15, 0.2) is 24.3 Å². The maximum atomic E-state index is 11.7. The Hall–Kier alpha value is -1.43. The van der Waals surface area contributed by atoms with E-state index in [-0.39, 0.29) is 5.91 Å². The largest absolute Gasteiger partial charge is 0.379 e. The van der Waals surface area contributed by atoms with Gasteiger partial charge in [-0.05, 0) is 12.5 Å². The number of amides is 1. The molecular weight excluding hydrogens is 266 g/mol. The van der Waals surface area contributed by atoms with Crippen LogP contribution in [-0.4, -0.2) is 56.7 Å². The zero-order valence-electron chi connectivity index (χ0n) is 12.7. The van der Waals surface area contributed by atoms with E-state index >= 15 is 0 Å². The molecule has 1 heterocycles. The second-order valence-electron chi connectivity index (χ2n) is 5.39. The van der Waals surface area contributed by atoms with Crippen LogP contribution in [0, 0.1) is 6.92 Å². The first-order chi connectivity index (χ1) is 10.2. The van der Waals surface area contributed by atoms with E-state index in [0.29, 0.717) is 13.1 Å². The summed E-state index contributed by atoms with van der Waals surface area (Å²) in [5.74, 6) is 0.0394. The fourth-order valence-corrected chi connectivity index (χ4v) is 2.23. The van der Waals surface area contributed by atoms with Gasteiger partial charge in [0.2, 0.25) is 5.91 Å². The summed E-state index contributed by atoms with van der Waals surface area (Å²) in [6, 6.07) is 8.20. The molecule has 0 radical (unpaired) electrons. The smallest absolute Gasteiger partial charge is 0.234 e. The van der Waals surface area contributed by atoms with Gasteiger partial charge in [0.25, 0.3) is 0 Å². The molecule has 5 nitrogen and oxygen atoms in total. The van der Waals surface area contributed by atoms with E-state index in [1.165, 1.54) is 5.56 Å². The average molecular weight is 291 g/mol. The molecule has 0 saturated carbocycles. The van der Waals surface area contributed by atoms with Gasteiger partial charge in [0, 0.05) is 32.7 Å². The van der Waals surface area contributed by atoms with Crippen LogP contribution in [0.1, 0.15) is 11.1 Å². The first-order valence-corrected chi connectivity index (χ1v) is 7.57. The van der Waals surface area contributed by atoms with Gasteiger partial charge in [0.1, 0.15) is 0 Å². The Labute approximate surface area is 126 Å². The van der Waals surface area contributed by atoms with Gasteiger partial charge in [-0.15, -0.1) is 0 Å². The molecule has 21 heavy (non-hydrogen) atoms. The molecule has 1 amide bonds. The molecule has 1 aromatic rings. The Kier molecular flexibility index (Phi) is 6.66. The quantitative estimate of drug-likeness (QED) is 0.720. The highest BCUT2D eigenvalue weighted by Crippen LogP contribution is 2.02. The second kappa shape index (κ2) is 8.77. The summed E-state index contributed by atoms with van der Waals surface area (Å²) in [6.07, 6.45) is 0. The maximum Gasteiger partial charge on any atom is 0.234 e. The predicted molar refractivity (Wildman–Crippen MR) is 83.2 cm³/mol. The van der Waals surface area contributed by atoms with Crippen LogP contribution in [0.3, 0.4) is 0 Å². The lowest BCUT2D eigenvalue weighted by Crippen LogP contribution is -2.42. The minimum Gasteiger partial charge on any atom is -0.379 e. The van der Waals surface area contributed by atoms with Crippen molar-refractivity contribution in [1.82, 2.24) is 15.5 Å². The van der Waals surface area contributed by atoms with Crippen molar-refractivity contribution in [2.24, 2.45) is 0 Å². The zero-order chi connectivity index (χ0) is 14.9. The number of carbonyl (C=O) groups excluding carboxylic acids is 1. The molecule has 1 aromatic carbocycles. The number of carbonyl (C=O) groups is 1. The summed E-state index contributed by atoms with van der Waals surface area (Å²) >= 11 is 0. The van der Waals surface area contributed by atoms with Crippen LogP contribution in [0.4, 0.5) is 0 Å². The van der Waals surface area contributed by atoms with Crippen LogP contribution in [-0.2, 0) is 16.1 Å². The molecule has 1 aliphatic heterocycles. The minimum absolute atomic E-state index is 0.0394. The van der Waals surface area contributed by atoms with Crippen molar-refractivity contribution in [3.8, 4) is 0 Å². The SMILES string of the molecule is Cc1ccc(CNC(=O)CNCCN2CCOCC2)cc1. The first-order valence-electron chi connectivity index (χ1n) is 7.57. The fourth-order valence-electron chi connectivity index (χ4n) is 2.23. The molecule has 0 unspecified atom stereocenters.